The molecule has 18 heavy (non-hydrogen) atoms. The van der Waals surface area contributed by atoms with Crippen LogP contribution in [0.25, 0.3) is 0 Å². The minimum atomic E-state index is 0.211. The van der Waals surface area contributed by atoms with E-state index in [1.165, 1.54) is 5.56 Å². The van der Waals surface area contributed by atoms with Gasteiger partial charge in [-0.25, -0.2) is 0 Å². The van der Waals surface area contributed by atoms with Gasteiger partial charge in [-0.3, -0.25) is 4.79 Å². The van der Waals surface area contributed by atoms with Crippen LogP contribution < -0.4 is 10.1 Å². The molecule has 0 radical (unpaired) electrons. The van der Waals surface area contributed by atoms with Crippen LogP contribution >= 0.6 is 0 Å². The Labute approximate surface area is 109 Å². The fourth-order valence-electron chi connectivity index (χ4n) is 2.43. The van der Waals surface area contributed by atoms with Gasteiger partial charge in [0.15, 0.2) is 0 Å². The number of carbonyl (C=O) groups excluding carboxylic acids is 1. The van der Waals surface area contributed by atoms with Crippen molar-refractivity contribution in [1.82, 2.24) is 5.32 Å². The third-order valence-electron chi connectivity index (χ3n) is 3.49. The molecule has 1 aliphatic heterocycles. The number of ether oxygens (including phenoxy) is 1. The Morgan fingerprint density at radius 3 is 3.11 bits per heavy atom. The third-order valence-corrected chi connectivity index (χ3v) is 3.49. The number of amides is 1. The smallest absolute Gasteiger partial charge is 0.220 e. The first-order chi connectivity index (χ1) is 8.78. The summed E-state index contributed by atoms with van der Waals surface area (Å²) in [5.74, 6) is 1.11. The van der Waals surface area contributed by atoms with Crippen LogP contribution in [0, 0.1) is 0 Å². The van der Waals surface area contributed by atoms with E-state index in [-0.39, 0.29) is 5.91 Å². The second kappa shape index (κ2) is 6.43. The Kier molecular flexibility index (Phi) is 4.62. The van der Waals surface area contributed by atoms with Crippen molar-refractivity contribution in [2.45, 2.75) is 44.6 Å². The molecule has 0 saturated carbocycles. The van der Waals surface area contributed by atoms with Gasteiger partial charge in [0.25, 0.3) is 0 Å². The van der Waals surface area contributed by atoms with E-state index in [1.54, 1.807) is 7.11 Å². The zero-order chi connectivity index (χ0) is 12.8. The molecule has 1 N–H and O–H groups in total. The van der Waals surface area contributed by atoms with Crippen molar-refractivity contribution in [2.75, 3.05) is 7.11 Å². The lowest BCUT2D eigenvalue weighted by Crippen LogP contribution is -2.33. The maximum absolute atomic E-state index is 11.5. The van der Waals surface area contributed by atoms with Gasteiger partial charge in [-0.15, -0.1) is 0 Å². The molecule has 1 aromatic rings. The fourth-order valence-corrected chi connectivity index (χ4v) is 2.43. The highest BCUT2D eigenvalue weighted by molar-refractivity contribution is 5.76. The van der Waals surface area contributed by atoms with E-state index < -0.39 is 0 Å². The molecule has 2 rings (SSSR count). The molecule has 3 heteroatoms. The quantitative estimate of drug-likeness (QED) is 0.888. The van der Waals surface area contributed by atoms with Crippen molar-refractivity contribution in [1.29, 1.82) is 0 Å². The maximum atomic E-state index is 11.5. The van der Waals surface area contributed by atoms with Gasteiger partial charge in [0.1, 0.15) is 5.75 Å². The fraction of sp³-hybridized carbons (Fsp3) is 0.533. The molecule has 0 aromatic heterocycles. The summed E-state index contributed by atoms with van der Waals surface area (Å²) in [5, 5.41) is 3.11. The number of methoxy groups -OCH3 is 1. The molecule has 1 amide bonds. The van der Waals surface area contributed by atoms with Gasteiger partial charge in [0, 0.05) is 12.5 Å². The molecular formula is C15H21NO2. The monoisotopic (exact) mass is 247 g/mol. The van der Waals surface area contributed by atoms with Crippen molar-refractivity contribution in [3.63, 3.8) is 0 Å². The zero-order valence-electron chi connectivity index (χ0n) is 10.9. The topological polar surface area (TPSA) is 38.3 Å². The highest BCUT2D eigenvalue weighted by Crippen LogP contribution is 2.17. The molecule has 1 atom stereocenters. The van der Waals surface area contributed by atoms with E-state index >= 15 is 0 Å². The van der Waals surface area contributed by atoms with Gasteiger partial charge in [-0.2, -0.15) is 0 Å². The number of hydrogen-bond acceptors (Lipinski definition) is 2. The second-order valence-electron chi connectivity index (χ2n) is 4.90. The molecule has 3 nitrogen and oxygen atoms in total. The first-order valence-corrected chi connectivity index (χ1v) is 6.70. The van der Waals surface area contributed by atoms with Gasteiger partial charge in [-0.05, 0) is 43.4 Å². The van der Waals surface area contributed by atoms with Crippen molar-refractivity contribution >= 4 is 5.91 Å². The number of aryl methyl sites for hydroxylation is 1. The normalized spacial score (nSPS) is 20.1. The lowest BCUT2D eigenvalue weighted by Gasteiger charge is -2.15. The molecule has 1 unspecified atom stereocenters. The standard InChI is InChI=1S/C15H21NO2/c1-18-14-7-4-5-12(11-14)9-10-13-6-2-3-8-15(17)16-13/h4-5,7,11,13H,2-3,6,8-10H2,1H3,(H,16,17). The zero-order valence-corrected chi connectivity index (χ0v) is 10.9. The molecule has 1 fully saturated rings. The molecule has 0 bridgehead atoms. The van der Waals surface area contributed by atoms with E-state index in [0.29, 0.717) is 12.5 Å². The van der Waals surface area contributed by atoms with E-state index in [1.807, 2.05) is 12.1 Å². The van der Waals surface area contributed by atoms with Crippen molar-refractivity contribution in [2.24, 2.45) is 0 Å². The summed E-state index contributed by atoms with van der Waals surface area (Å²) in [6.45, 7) is 0. The molecule has 0 aliphatic carbocycles. The lowest BCUT2D eigenvalue weighted by molar-refractivity contribution is -0.121. The molecule has 1 heterocycles. The van der Waals surface area contributed by atoms with E-state index in [0.717, 1.165) is 37.9 Å². The Balaban J connectivity index is 1.87. The van der Waals surface area contributed by atoms with Crippen molar-refractivity contribution in [3.05, 3.63) is 29.8 Å². The summed E-state index contributed by atoms with van der Waals surface area (Å²) < 4.78 is 5.21. The number of carbonyl (C=O) groups is 1. The Morgan fingerprint density at radius 1 is 1.39 bits per heavy atom. The molecule has 0 spiro atoms. The lowest BCUT2D eigenvalue weighted by atomic mass is 10.0. The van der Waals surface area contributed by atoms with Gasteiger partial charge in [-0.1, -0.05) is 18.6 Å². The molecule has 1 aliphatic rings. The van der Waals surface area contributed by atoms with E-state index in [2.05, 4.69) is 17.4 Å². The highest BCUT2D eigenvalue weighted by Gasteiger charge is 2.15. The van der Waals surface area contributed by atoms with Crippen LogP contribution in [0.4, 0.5) is 0 Å². The van der Waals surface area contributed by atoms with Gasteiger partial charge >= 0.3 is 0 Å². The highest BCUT2D eigenvalue weighted by atomic mass is 16.5. The summed E-state index contributed by atoms with van der Waals surface area (Å²) in [5.41, 5.74) is 1.27. The summed E-state index contributed by atoms with van der Waals surface area (Å²) >= 11 is 0. The van der Waals surface area contributed by atoms with Crippen LogP contribution in [0.15, 0.2) is 24.3 Å². The Hall–Kier alpha value is -1.51. The minimum Gasteiger partial charge on any atom is -0.497 e. The SMILES string of the molecule is COc1cccc(CCC2CCCCC(=O)N2)c1. The van der Waals surface area contributed by atoms with Gasteiger partial charge in [0.05, 0.1) is 7.11 Å². The molecular weight excluding hydrogens is 226 g/mol. The average molecular weight is 247 g/mol. The number of hydrogen-bond donors (Lipinski definition) is 1. The number of nitrogens with one attached hydrogen (secondary N) is 1. The first kappa shape index (κ1) is 12.9. The van der Waals surface area contributed by atoms with E-state index in [9.17, 15) is 4.79 Å². The van der Waals surface area contributed by atoms with Crippen LogP contribution in [0.2, 0.25) is 0 Å². The van der Waals surface area contributed by atoms with Crippen LogP contribution in [0.3, 0.4) is 0 Å². The minimum absolute atomic E-state index is 0.211. The number of rotatable bonds is 4. The summed E-state index contributed by atoms with van der Waals surface area (Å²) in [4.78, 5) is 11.5. The average Bonchev–Trinajstić information content (AvgIpc) is 2.61. The third kappa shape index (κ3) is 3.76. The molecule has 1 saturated heterocycles. The Bertz CT molecular complexity index is 403. The largest absolute Gasteiger partial charge is 0.497 e. The van der Waals surface area contributed by atoms with Crippen LogP contribution in [0.1, 0.15) is 37.7 Å². The summed E-state index contributed by atoms with van der Waals surface area (Å²) in [6, 6.07) is 8.49. The van der Waals surface area contributed by atoms with Crippen LogP contribution in [-0.4, -0.2) is 19.1 Å². The number of benzene rings is 1. The molecule has 98 valence electrons. The van der Waals surface area contributed by atoms with Crippen LogP contribution in [0.5, 0.6) is 5.75 Å². The van der Waals surface area contributed by atoms with Crippen LogP contribution in [-0.2, 0) is 11.2 Å². The summed E-state index contributed by atoms with van der Waals surface area (Å²) in [6.07, 6.45) is 5.98. The second-order valence-corrected chi connectivity index (χ2v) is 4.90. The first-order valence-electron chi connectivity index (χ1n) is 6.70. The maximum Gasteiger partial charge on any atom is 0.220 e. The summed E-state index contributed by atoms with van der Waals surface area (Å²) in [7, 11) is 1.69. The van der Waals surface area contributed by atoms with Crippen molar-refractivity contribution in [3.8, 4) is 5.75 Å². The van der Waals surface area contributed by atoms with Crippen molar-refractivity contribution < 1.29 is 9.53 Å². The van der Waals surface area contributed by atoms with Gasteiger partial charge in [0.2, 0.25) is 5.91 Å². The Morgan fingerprint density at radius 2 is 2.28 bits per heavy atom. The van der Waals surface area contributed by atoms with E-state index in [4.69, 9.17) is 4.74 Å². The van der Waals surface area contributed by atoms with Gasteiger partial charge < -0.3 is 10.1 Å². The molecule has 1 aromatic carbocycles. The predicted molar refractivity (Wildman–Crippen MR) is 71.7 cm³/mol. The predicted octanol–water partition coefficient (Wildman–Crippen LogP) is 2.69.